The molecule has 0 radical (unpaired) electrons. The summed E-state index contributed by atoms with van der Waals surface area (Å²) in [6.45, 7) is 3.29. The predicted octanol–water partition coefficient (Wildman–Crippen LogP) is 5.50. The maximum Gasteiger partial charge on any atom is 0.340 e. The summed E-state index contributed by atoms with van der Waals surface area (Å²) >= 11 is 0. The molecule has 7 nitrogen and oxygen atoms in total. The van der Waals surface area contributed by atoms with E-state index in [0.29, 0.717) is 5.69 Å². The van der Waals surface area contributed by atoms with Gasteiger partial charge in [0, 0.05) is 17.5 Å². The highest BCUT2D eigenvalue weighted by atomic mass is 16.5. The van der Waals surface area contributed by atoms with Crippen molar-refractivity contribution in [2.45, 2.75) is 25.7 Å². The number of ether oxygens (including phenoxy) is 1. The number of carbonyl (C=O) groups excluding carboxylic acids is 4. The lowest BCUT2D eigenvalue weighted by molar-refractivity contribution is -0.122. The van der Waals surface area contributed by atoms with Crippen molar-refractivity contribution < 1.29 is 23.9 Å². The minimum Gasteiger partial charge on any atom is -0.452 e. The number of para-hydroxylation sites is 1. The van der Waals surface area contributed by atoms with Gasteiger partial charge in [-0.3, -0.25) is 14.4 Å². The average molecular weight is 557 g/mol. The van der Waals surface area contributed by atoms with Gasteiger partial charge in [0.1, 0.15) is 0 Å². The summed E-state index contributed by atoms with van der Waals surface area (Å²) in [7, 11) is 0. The Bertz CT molecular complexity index is 1700. The van der Waals surface area contributed by atoms with Crippen LogP contribution in [0.15, 0.2) is 91.0 Å². The Morgan fingerprint density at radius 3 is 1.83 bits per heavy atom. The lowest BCUT2D eigenvalue weighted by Crippen LogP contribution is -2.41. The molecule has 42 heavy (non-hydrogen) atoms. The van der Waals surface area contributed by atoms with Crippen molar-refractivity contribution in [1.29, 1.82) is 0 Å². The van der Waals surface area contributed by atoms with Gasteiger partial charge in [0.05, 0.1) is 23.1 Å². The second-order valence-electron chi connectivity index (χ2n) is 11.2. The SMILES string of the molecule is Cc1ccc(C)c(NC(=O)COC(=O)c2ccccc2N2C(=O)[C@@H]3C4c5ccccc5C(c5ccccc54)[C@@H]3C2=O)c1. The Hall–Kier alpha value is -5.04. The maximum atomic E-state index is 14.2. The number of aryl methyl sites for hydroxylation is 2. The smallest absolute Gasteiger partial charge is 0.340 e. The molecule has 1 saturated heterocycles. The Labute approximate surface area is 243 Å². The van der Waals surface area contributed by atoms with Crippen molar-refractivity contribution in [3.05, 3.63) is 130 Å². The number of esters is 1. The van der Waals surface area contributed by atoms with Crippen LogP contribution in [0.2, 0.25) is 0 Å². The molecule has 7 heteroatoms. The number of rotatable bonds is 5. The molecular formula is C35H28N2O5. The molecule has 0 spiro atoms. The molecule has 4 aromatic carbocycles. The van der Waals surface area contributed by atoms with Crippen LogP contribution >= 0.6 is 0 Å². The van der Waals surface area contributed by atoms with Gasteiger partial charge in [-0.2, -0.15) is 0 Å². The van der Waals surface area contributed by atoms with Crippen LogP contribution in [0.4, 0.5) is 11.4 Å². The molecule has 1 heterocycles. The van der Waals surface area contributed by atoms with E-state index < -0.39 is 30.3 Å². The number of imide groups is 1. The van der Waals surface area contributed by atoms with Gasteiger partial charge in [0.2, 0.25) is 11.8 Å². The number of hydrogen-bond donors (Lipinski definition) is 1. The number of benzene rings is 4. The first-order valence-electron chi connectivity index (χ1n) is 14.0. The van der Waals surface area contributed by atoms with Gasteiger partial charge in [0.25, 0.3) is 5.91 Å². The predicted molar refractivity (Wildman–Crippen MR) is 157 cm³/mol. The third-order valence-corrected chi connectivity index (χ3v) is 8.81. The molecule has 1 N–H and O–H groups in total. The highest BCUT2D eigenvalue weighted by Gasteiger charge is 2.62. The summed E-state index contributed by atoms with van der Waals surface area (Å²) in [6.07, 6.45) is 0. The summed E-state index contributed by atoms with van der Waals surface area (Å²) < 4.78 is 5.38. The second-order valence-corrected chi connectivity index (χ2v) is 11.2. The molecular weight excluding hydrogens is 528 g/mol. The van der Waals surface area contributed by atoms with E-state index in [-0.39, 0.29) is 34.9 Å². The van der Waals surface area contributed by atoms with Crippen molar-refractivity contribution in [1.82, 2.24) is 0 Å². The third-order valence-electron chi connectivity index (χ3n) is 8.81. The van der Waals surface area contributed by atoms with Gasteiger partial charge in [-0.1, -0.05) is 72.8 Å². The van der Waals surface area contributed by atoms with Crippen molar-refractivity contribution in [2.75, 3.05) is 16.8 Å². The molecule has 0 saturated carbocycles. The summed E-state index contributed by atoms with van der Waals surface area (Å²) in [5.74, 6) is -3.55. The van der Waals surface area contributed by atoms with Gasteiger partial charge in [0.15, 0.2) is 6.61 Å². The largest absolute Gasteiger partial charge is 0.452 e. The van der Waals surface area contributed by atoms with Crippen LogP contribution in [0.5, 0.6) is 0 Å². The minimum absolute atomic E-state index is 0.0553. The average Bonchev–Trinajstić information content (AvgIpc) is 3.27. The number of anilines is 2. The fourth-order valence-corrected chi connectivity index (χ4v) is 7.02. The Kier molecular flexibility index (Phi) is 6.04. The summed E-state index contributed by atoms with van der Waals surface area (Å²) in [5, 5.41) is 2.77. The standard InChI is InChI=1S/C35H28N2O5/c1-19-15-16-20(2)26(17-19)36-28(38)18-42-35(41)25-13-7-8-14-27(25)37-33(39)31-29-21-9-3-4-10-22(21)30(32(31)34(37)40)24-12-6-5-11-23(24)29/h3-17,29-32H,18H2,1-2H3,(H,36,38)/t29?,30?,31-,32+. The van der Waals surface area contributed by atoms with Crippen molar-refractivity contribution in [3.63, 3.8) is 0 Å². The van der Waals surface area contributed by atoms with Gasteiger partial charge in [-0.25, -0.2) is 9.69 Å². The summed E-state index contributed by atoms with van der Waals surface area (Å²) in [4.78, 5) is 55.4. The zero-order valence-electron chi connectivity index (χ0n) is 23.2. The van der Waals surface area contributed by atoms with Crippen molar-refractivity contribution in [2.24, 2.45) is 11.8 Å². The van der Waals surface area contributed by atoms with E-state index >= 15 is 0 Å². The fraction of sp³-hybridized carbons (Fsp3) is 0.200. The minimum atomic E-state index is -0.785. The molecule has 2 bridgehead atoms. The first kappa shape index (κ1) is 25.9. The van der Waals surface area contributed by atoms with E-state index in [2.05, 4.69) is 5.32 Å². The quantitative estimate of drug-likeness (QED) is 0.259. The zero-order chi connectivity index (χ0) is 29.1. The lowest BCUT2D eigenvalue weighted by Gasteiger charge is -2.45. The molecule has 4 aliphatic rings. The van der Waals surface area contributed by atoms with Crippen LogP contribution in [-0.2, 0) is 19.1 Å². The van der Waals surface area contributed by atoms with Crippen LogP contribution in [-0.4, -0.2) is 30.3 Å². The van der Waals surface area contributed by atoms with Crippen LogP contribution in [0.3, 0.4) is 0 Å². The van der Waals surface area contributed by atoms with E-state index in [1.807, 2.05) is 80.6 Å². The molecule has 8 rings (SSSR count). The number of amides is 3. The topological polar surface area (TPSA) is 92.8 Å². The number of nitrogens with one attached hydrogen (secondary N) is 1. The normalized spacial score (nSPS) is 21.4. The number of carbonyl (C=O) groups is 4. The van der Waals surface area contributed by atoms with Crippen LogP contribution in [0.1, 0.15) is 55.6 Å². The fourth-order valence-electron chi connectivity index (χ4n) is 7.02. The molecule has 3 amide bonds. The first-order valence-corrected chi connectivity index (χ1v) is 14.0. The van der Waals surface area contributed by atoms with Gasteiger partial charge < -0.3 is 10.1 Å². The van der Waals surface area contributed by atoms with E-state index in [0.717, 1.165) is 33.4 Å². The van der Waals surface area contributed by atoms with Gasteiger partial charge in [-0.05, 0) is 65.4 Å². The van der Waals surface area contributed by atoms with E-state index in [9.17, 15) is 19.2 Å². The number of hydrogen-bond acceptors (Lipinski definition) is 5. The monoisotopic (exact) mass is 556 g/mol. The zero-order valence-corrected chi connectivity index (χ0v) is 23.2. The molecule has 0 unspecified atom stereocenters. The molecule has 3 aliphatic carbocycles. The molecule has 1 fully saturated rings. The first-order chi connectivity index (χ1) is 20.3. The van der Waals surface area contributed by atoms with Crippen LogP contribution < -0.4 is 10.2 Å². The summed E-state index contributed by atoms with van der Waals surface area (Å²) in [5.41, 5.74) is 7.05. The lowest BCUT2D eigenvalue weighted by atomic mass is 9.55. The molecule has 2 atom stereocenters. The van der Waals surface area contributed by atoms with Crippen LogP contribution in [0.25, 0.3) is 0 Å². The molecule has 208 valence electrons. The van der Waals surface area contributed by atoms with Gasteiger partial charge in [-0.15, -0.1) is 0 Å². The van der Waals surface area contributed by atoms with Crippen molar-refractivity contribution >= 4 is 35.1 Å². The van der Waals surface area contributed by atoms with Gasteiger partial charge >= 0.3 is 5.97 Å². The highest BCUT2D eigenvalue weighted by molar-refractivity contribution is 6.25. The molecule has 4 aromatic rings. The Balaban J connectivity index is 1.17. The molecule has 0 aromatic heterocycles. The Morgan fingerprint density at radius 2 is 1.26 bits per heavy atom. The number of nitrogens with zero attached hydrogens (tertiary/aromatic N) is 1. The van der Waals surface area contributed by atoms with E-state index in [1.165, 1.54) is 11.0 Å². The maximum absolute atomic E-state index is 14.2. The van der Waals surface area contributed by atoms with Crippen molar-refractivity contribution in [3.8, 4) is 0 Å². The highest BCUT2D eigenvalue weighted by Crippen LogP contribution is 2.61. The second kappa shape index (κ2) is 9.80. The summed E-state index contributed by atoms with van der Waals surface area (Å²) in [6, 6.07) is 28.2. The van der Waals surface area contributed by atoms with E-state index in [4.69, 9.17) is 4.74 Å². The molecule has 1 aliphatic heterocycles. The third kappa shape index (κ3) is 3.88. The Morgan fingerprint density at radius 1 is 0.738 bits per heavy atom. The van der Waals surface area contributed by atoms with Crippen LogP contribution in [0, 0.1) is 25.7 Å². The van der Waals surface area contributed by atoms with E-state index in [1.54, 1.807) is 18.2 Å².